The third-order valence-electron chi connectivity index (χ3n) is 6.02. The number of ether oxygens (including phenoxy) is 3. The number of fused-ring (bicyclic) bond motifs is 3. The second kappa shape index (κ2) is 9.96. The predicted molar refractivity (Wildman–Crippen MR) is 148 cm³/mol. The molecule has 0 radical (unpaired) electrons. The summed E-state index contributed by atoms with van der Waals surface area (Å²) in [5.41, 5.74) is 1.07. The Balaban J connectivity index is 1.84. The molecule has 1 aliphatic rings. The van der Waals surface area contributed by atoms with E-state index in [1.165, 1.54) is 32.7 Å². The van der Waals surface area contributed by atoms with Crippen LogP contribution in [0.1, 0.15) is 27.4 Å². The van der Waals surface area contributed by atoms with E-state index < -0.39 is 0 Å². The van der Waals surface area contributed by atoms with Crippen molar-refractivity contribution in [1.82, 2.24) is 9.55 Å². The van der Waals surface area contributed by atoms with Gasteiger partial charge in [0, 0.05) is 5.56 Å². The van der Waals surface area contributed by atoms with E-state index in [2.05, 4.69) is 47.8 Å². The molecular formula is C24H19Br3N2O6S. The number of methoxy groups -OCH3 is 3. The van der Waals surface area contributed by atoms with Crippen LogP contribution >= 0.6 is 59.1 Å². The first kappa shape index (κ1) is 25.5. The first-order valence-electron chi connectivity index (χ1n) is 10.8. The van der Waals surface area contributed by atoms with E-state index in [0.29, 0.717) is 71.5 Å². The number of aromatic nitrogens is 2. The van der Waals surface area contributed by atoms with Crippen molar-refractivity contribution in [2.45, 2.75) is 24.2 Å². The summed E-state index contributed by atoms with van der Waals surface area (Å²) in [6.07, 6.45) is 1.25. The maximum atomic E-state index is 14.0. The minimum Gasteiger partial charge on any atom is -0.493 e. The number of hydrogen-bond donors (Lipinski definition) is 0. The Morgan fingerprint density at radius 3 is 2.53 bits per heavy atom. The highest BCUT2D eigenvalue weighted by atomic mass is 79.9. The van der Waals surface area contributed by atoms with Gasteiger partial charge in [-0.1, -0.05) is 15.9 Å². The number of aryl methyl sites for hydroxylation is 1. The molecule has 1 aromatic carbocycles. The molecule has 1 aliphatic carbocycles. The van der Waals surface area contributed by atoms with E-state index in [-0.39, 0.29) is 22.7 Å². The number of furan rings is 1. The number of hydrogen-bond acceptors (Lipinski definition) is 8. The molecular weight excluding hydrogens is 684 g/mol. The van der Waals surface area contributed by atoms with Gasteiger partial charge in [0.2, 0.25) is 5.75 Å². The highest BCUT2D eigenvalue weighted by molar-refractivity contribution is 9.11. The lowest BCUT2D eigenvalue weighted by atomic mass is 9.96. The van der Waals surface area contributed by atoms with E-state index >= 15 is 0 Å². The van der Waals surface area contributed by atoms with Crippen LogP contribution in [0.15, 0.2) is 36.6 Å². The summed E-state index contributed by atoms with van der Waals surface area (Å²) in [6, 6.07) is 5.29. The molecule has 0 fully saturated rings. The fraction of sp³-hybridized carbons (Fsp3) is 0.292. The van der Waals surface area contributed by atoms with Gasteiger partial charge in [-0.3, -0.25) is 14.2 Å². The van der Waals surface area contributed by atoms with Gasteiger partial charge in [-0.05, 0) is 68.5 Å². The molecule has 188 valence electrons. The van der Waals surface area contributed by atoms with Crippen LogP contribution in [0.25, 0.3) is 21.6 Å². The standard InChI is InChI=1S/C24H19Br3N2O6S/c1-32-14-8-12(17(27)20(34-3)19(14)33-2)22-28-23-16(11-5-6-13(25)18(30)21(11)36-23)24(31)29(22)9-10-4-7-15(26)35-10/h4,7-8,13H,5-6,9H2,1-3H3. The number of alkyl halides is 1. The Bertz CT molecular complexity index is 1570. The van der Waals surface area contributed by atoms with Crippen molar-refractivity contribution in [2.24, 2.45) is 0 Å². The number of rotatable bonds is 6. The molecule has 1 atom stereocenters. The van der Waals surface area contributed by atoms with Crippen LogP contribution in [0.5, 0.6) is 17.2 Å². The van der Waals surface area contributed by atoms with Gasteiger partial charge in [0.1, 0.15) is 16.4 Å². The molecule has 1 unspecified atom stereocenters. The number of halogens is 3. The maximum Gasteiger partial charge on any atom is 0.263 e. The summed E-state index contributed by atoms with van der Waals surface area (Å²) in [5, 5.41) is 0.473. The maximum absolute atomic E-state index is 14.0. The van der Waals surface area contributed by atoms with E-state index in [0.717, 1.165) is 5.56 Å². The smallest absolute Gasteiger partial charge is 0.263 e. The van der Waals surface area contributed by atoms with Gasteiger partial charge in [0.05, 0.1) is 47.4 Å². The van der Waals surface area contributed by atoms with Crippen LogP contribution in [-0.4, -0.2) is 41.5 Å². The second-order valence-corrected chi connectivity index (χ2v) is 11.7. The van der Waals surface area contributed by atoms with Crippen molar-refractivity contribution >= 4 is 75.1 Å². The minimum atomic E-state index is -0.260. The Morgan fingerprint density at radius 1 is 1.14 bits per heavy atom. The summed E-state index contributed by atoms with van der Waals surface area (Å²) in [7, 11) is 4.56. The molecule has 0 saturated heterocycles. The molecule has 12 heteroatoms. The minimum absolute atomic E-state index is 0.0179. The van der Waals surface area contributed by atoms with Gasteiger partial charge in [0.25, 0.3) is 5.56 Å². The molecule has 0 aliphatic heterocycles. The summed E-state index contributed by atoms with van der Waals surface area (Å²) in [4.78, 5) is 32.7. The molecule has 0 N–H and O–H groups in total. The Kier molecular flexibility index (Phi) is 7.05. The van der Waals surface area contributed by atoms with Gasteiger partial charge in [-0.15, -0.1) is 11.3 Å². The van der Waals surface area contributed by atoms with Crippen molar-refractivity contribution in [3.63, 3.8) is 0 Å². The SMILES string of the molecule is COc1cc(-c2nc3sc4c(c3c(=O)n2Cc2ccc(Br)o2)CCC(Br)C4=O)c(Br)c(OC)c1OC. The fourth-order valence-electron chi connectivity index (χ4n) is 4.35. The van der Waals surface area contributed by atoms with E-state index in [1.54, 1.807) is 22.8 Å². The Labute approximate surface area is 234 Å². The molecule has 3 heterocycles. The van der Waals surface area contributed by atoms with Crippen LogP contribution < -0.4 is 19.8 Å². The number of carbonyl (C=O) groups is 1. The number of thiophene rings is 1. The van der Waals surface area contributed by atoms with Crippen molar-refractivity contribution in [3.05, 3.63) is 53.9 Å². The summed E-state index contributed by atoms with van der Waals surface area (Å²) in [6.45, 7) is 0.130. The first-order chi connectivity index (χ1) is 17.3. The summed E-state index contributed by atoms with van der Waals surface area (Å²) >= 11 is 11.6. The van der Waals surface area contributed by atoms with Crippen LogP contribution in [0, 0.1) is 0 Å². The monoisotopic (exact) mass is 700 g/mol. The highest BCUT2D eigenvalue weighted by Gasteiger charge is 2.32. The number of Topliss-reactive ketones (excluding diaryl/α,β-unsaturated/α-hetero) is 1. The van der Waals surface area contributed by atoms with Gasteiger partial charge in [0.15, 0.2) is 22.0 Å². The third-order valence-corrected chi connectivity index (χ3v) is 9.25. The largest absolute Gasteiger partial charge is 0.493 e. The molecule has 5 rings (SSSR count). The van der Waals surface area contributed by atoms with Crippen molar-refractivity contribution in [1.29, 1.82) is 0 Å². The van der Waals surface area contributed by atoms with E-state index in [4.69, 9.17) is 23.6 Å². The Morgan fingerprint density at radius 2 is 1.89 bits per heavy atom. The van der Waals surface area contributed by atoms with Gasteiger partial charge < -0.3 is 18.6 Å². The first-order valence-corrected chi connectivity index (χ1v) is 14.1. The van der Waals surface area contributed by atoms with E-state index in [9.17, 15) is 9.59 Å². The normalized spacial score (nSPS) is 15.3. The second-order valence-electron chi connectivity index (χ2n) is 8.00. The fourth-order valence-corrected chi connectivity index (χ4v) is 7.14. The van der Waals surface area contributed by atoms with Crippen LogP contribution in [0.2, 0.25) is 0 Å². The van der Waals surface area contributed by atoms with Crippen molar-refractivity contribution < 1.29 is 23.4 Å². The molecule has 0 amide bonds. The number of carbonyl (C=O) groups excluding carboxylic acids is 1. The van der Waals surface area contributed by atoms with Crippen LogP contribution in [0.3, 0.4) is 0 Å². The van der Waals surface area contributed by atoms with Gasteiger partial charge in [-0.2, -0.15) is 0 Å². The highest BCUT2D eigenvalue weighted by Crippen LogP contribution is 2.48. The topological polar surface area (TPSA) is 92.8 Å². The zero-order chi connectivity index (χ0) is 25.7. The average Bonchev–Trinajstić information content (AvgIpc) is 3.46. The molecule has 36 heavy (non-hydrogen) atoms. The summed E-state index contributed by atoms with van der Waals surface area (Å²) < 4.78 is 25.0. The number of nitrogens with zero attached hydrogens (tertiary/aromatic N) is 2. The van der Waals surface area contributed by atoms with E-state index in [1.807, 2.05) is 0 Å². The van der Waals surface area contributed by atoms with Crippen molar-refractivity contribution in [2.75, 3.05) is 21.3 Å². The summed E-state index contributed by atoms with van der Waals surface area (Å²) in [5.74, 6) is 2.13. The lowest BCUT2D eigenvalue weighted by molar-refractivity contribution is 0.0986. The van der Waals surface area contributed by atoms with Crippen molar-refractivity contribution in [3.8, 4) is 28.6 Å². The quantitative estimate of drug-likeness (QED) is 0.221. The molecule has 0 saturated carbocycles. The zero-order valence-electron chi connectivity index (χ0n) is 19.3. The predicted octanol–water partition coefficient (Wildman–Crippen LogP) is 6.21. The van der Waals surface area contributed by atoms with Crippen LogP contribution in [-0.2, 0) is 13.0 Å². The van der Waals surface area contributed by atoms with Gasteiger partial charge in [-0.25, -0.2) is 4.98 Å². The number of benzene rings is 1. The lowest BCUT2D eigenvalue weighted by Gasteiger charge is -2.19. The average molecular weight is 703 g/mol. The number of ketones is 1. The van der Waals surface area contributed by atoms with Gasteiger partial charge >= 0.3 is 0 Å². The molecule has 0 spiro atoms. The zero-order valence-corrected chi connectivity index (χ0v) is 24.9. The molecule has 8 nitrogen and oxygen atoms in total. The van der Waals surface area contributed by atoms with Crippen LogP contribution in [0.4, 0.5) is 0 Å². The Hall–Kier alpha value is -2.15. The lowest BCUT2D eigenvalue weighted by Crippen LogP contribution is -2.26. The molecule has 0 bridgehead atoms. The molecule has 3 aromatic heterocycles. The third kappa shape index (κ3) is 4.11. The molecule has 4 aromatic rings.